The fourth-order valence-electron chi connectivity index (χ4n) is 2.30. The minimum Gasteiger partial charge on any atom is -0.443 e. The Morgan fingerprint density at radius 1 is 1.16 bits per heavy atom. The SMILES string of the molecule is O=C(NCc1cccnc1)c1ncoc1-c1ccccc1C(F)(F)F. The number of hydrogen-bond acceptors (Lipinski definition) is 4. The molecule has 0 bridgehead atoms. The number of pyridine rings is 1. The van der Waals surface area contributed by atoms with Crippen molar-refractivity contribution in [2.24, 2.45) is 0 Å². The van der Waals surface area contributed by atoms with Crippen molar-refractivity contribution < 1.29 is 22.4 Å². The van der Waals surface area contributed by atoms with Gasteiger partial charge in [0.25, 0.3) is 5.91 Å². The normalized spacial score (nSPS) is 11.3. The standard InChI is InChI=1S/C17H12F3N3O2/c18-17(19,20)13-6-2-1-5-12(13)15-14(23-10-25-15)16(24)22-9-11-4-3-7-21-8-11/h1-8,10H,9H2,(H,22,24). The molecular weight excluding hydrogens is 335 g/mol. The van der Waals surface area contributed by atoms with Crippen molar-refractivity contribution in [3.8, 4) is 11.3 Å². The average molecular weight is 347 g/mol. The van der Waals surface area contributed by atoms with E-state index in [1.165, 1.54) is 18.2 Å². The Kier molecular flexibility index (Phi) is 4.51. The van der Waals surface area contributed by atoms with E-state index in [1.54, 1.807) is 24.5 Å². The fraction of sp³-hybridized carbons (Fsp3) is 0.118. The van der Waals surface area contributed by atoms with E-state index in [9.17, 15) is 18.0 Å². The van der Waals surface area contributed by atoms with E-state index < -0.39 is 17.6 Å². The Morgan fingerprint density at radius 2 is 1.96 bits per heavy atom. The lowest BCUT2D eigenvalue weighted by atomic mass is 10.0. The molecule has 0 fully saturated rings. The van der Waals surface area contributed by atoms with Gasteiger partial charge in [0.2, 0.25) is 0 Å². The molecule has 0 atom stereocenters. The second-order valence-corrected chi connectivity index (χ2v) is 5.12. The molecule has 2 aromatic heterocycles. The van der Waals surface area contributed by atoms with E-state index in [0.717, 1.165) is 18.0 Å². The molecule has 1 N–H and O–H groups in total. The van der Waals surface area contributed by atoms with E-state index in [-0.39, 0.29) is 23.6 Å². The minimum atomic E-state index is -4.58. The number of nitrogens with zero attached hydrogens (tertiary/aromatic N) is 2. The van der Waals surface area contributed by atoms with Gasteiger partial charge in [-0.2, -0.15) is 13.2 Å². The van der Waals surface area contributed by atoms with Gasteiger partial charge in [0.1, 0.15) is 0 Å². The molecule has 1 amide bonds. The predicted octanol–water partition coefficient (Wildman–Crippen LogP) is 3.69. The van der Waals surface area contributed by atoms with Crippen molar-refractivity contribution in [2.45, 2.75) is 12.7 Å². The molecule has 0 saturated heterocycles. The van der Waals surface area contributed by atoms with Gasteiger partial charge in [-0.25, -0.2) is 4.98 Å². The Morgan fingerprint density at radius 3 is 2.68 bits per heavy atom. The topological polar surface area (TPSA) is 68.0 Å². The predicted molar refractivity (Wildman–Crippen MR) is 82.3 cm³/mol. The van der Waals surface area contributed by atoms with Crippen molar-refractivity contribution in [3.63, 3.8) is 0 Å². The van der Waals surface area contributed by atoms with Gasteiger partial charge in [-0.05, 0) is 17.7 Å². The number of alkyl halides is 3. The van der Waals surface area contributed by atoms with Crippen molar-refractivity contribution >= 4 is 5.91 Å². The third-order valence-corrected chi connectivity index (χ3v) is 3.44. The van der Waals surface area contributed by atoms with Crippen LogP contribution in [-0.4, -0.2) is 15.9 Å². The molecule has 5 nitrogen and oxygen atoms in total. The second-order valence-electron chi connectivity index (χ2n) is 5.12. The lowest BCUT2D eigenvalue weighted by molar-refractivity contribution is -0.137. The first-order chi connectivity index (χ1) is 12.0. The fourth-order valence-corrected chi connectivity index (χ4v) is 2.30. The van der Waals surface area contributed by atoms with E-state index in [2.05, 4.69) is 15.3 Å². The molecule has 128 valence electrons. The maximum Gasteiger partial charge on any atom is 0.417 e. The number of carbonyl (C=O) groups is 1. The summed E-state index contributed by atoms with van der Waals surface area (Å²) in [6, 6.07) is 8.34. The minimum absolute atomic E-state index is 0.167. The zero-order valence-electron chi connectivity index (χ0n) is 12.7. The highest BCUT2D eigenvalue weighted by atomic mass is 19.4. The summed E-state index contributed by atoms with van der Waals surface area (Å²) in [6.07, 6.45) is -0.466. The third kappa shape index (κ3) is 3.68. The maximum absolute atomic E-state index is 13.2. The second kappa shape index (κ2) is 6.76. The number of oxazole rings is 1. The number of amides is 1. The highest BCUT2D eigenvalue weighted by Crippen LogP contribution is 2.37. The van der Waals surface area contributed by atoms with Crippen LogP contribution in [0.15, 0.2) is 59.6 Å². The summed E-state index contributed by atoms with van der Waals surface area (Å²) in [5.41, 5.74) is -0.593. The van der Waals surface area contributed by atoms with Gasteiger partial charge < -0.3 is 9.73 Å². The lowest BCUT2D eigenvalue weighted by Gasteiger charge is -2.11. The highest BCUT2D eigenvalue weighted by Gasteiger charge is 2.35. The smallest absolute Gasteiger partial charge is 0.417 e. The molecule has 0 radical (unpaired) electrons. The number of nitrogens with one attached hydrogen (secondary N) is 1. The molecule has 8 heteroatoms. The van der Waals surface area contributed by atoms with Crippen LogP contribution >= 0.6 is 0 Å². The first-order valence-electron chi connectivity index (χ1n) is 7.24. The van der Waals surface area contributed by atoms with Crippen LogP contribution in [0.2, 0.25) is 0 Å². The van der Waals surface area contributed by atoms with Crippen LogP contribution in [0.3, 0.4) is 0 Å². The van der Waals surface area contributed by atoms with Crippen molar-refractivity contribution in [2.75, 3.05) is 0 Å². The van der Waals surface area contributed by atoms with Crippen LogP contribution in [-0.2, 0) is 12.7 Å². The van der Waals surface area contributed by atoms with Gasteiger partial charge in [-0.1, -0.05) is 24.3 Å². The van der Waals surface area contributed by atoms with E-state index in [4.69, 9.17) is 4.42 Å². The molecule has 0 aliphatic carbocycles. The average Bonchev–Trinajstić information content (AvgIpc) is 3.09. The molecule has 1 aromatic carbocycles. The van der Waals surface area contributed by atoms with Gasteiger partial charge in [-0.15, -0.1) is 0 Å². The van der Waals surface area contributed by atoms with E-state index in [0.29, 0.717) is 0 Å². The van der Waals surface area contributed by atoms with Gasteiger partial charge in [0.15, 0.2) is 17.8 Å². The van der Waals surface area contributed by atoms with Gasteiger partial charge in [0, 0.05) is 24.5 Å². The number of halogens is 3. The molecule has 3 aromatic rings. The number of benzene rings is 1. The Bertz CT molecular complexity index is 876. The van der Waals surface area contributed by atoms with Crippen LogP contribution < -0.4 is 5.32 Å². The monoisotopic (exact) mass is 347 g/mol. The first-order valence-corrected chi connectivity index (χ1v) is 7.24. The van der Waals surface area contributed by atoms with Crippen LogP contribution in [0.25, 0.3) is 11.3 Å². The summed E-state index contributed by atoms with van der Waals surface area (Å²) < 4.78 is 44.6. The summed E-state index contributed by atoms with van der Waals surface area (Å²) in [6.45, 7) is 0.167. The third-order valence-electron chi connectivity index (χ3n) is 3.44. The molecule has 0 unspecified atom stereocenters. The quantitative estimate of drug-likeness (QED) is 0.782. The van der Waals surface area contributed by atoms with Crippen LogP contribution in [0.4, 0.5) is 13.2 Å². The molecule has 0 spiro atoms. The first kappa shape index (κ1) is 16.7. The molecule has 25 heavy (non-hydrogen) atoms. The van der Waals surface area contributed by atoms with E-state index >= 15 is 0 Å². The summed E-state index contributed by atoms with van der Waals surface area (Å²) in [5.74, 6) is -0.860. The lowest BCUT2D eigenvalue weighted by Crippen LogP contribution is -2.24. The van der Waals surface area contributed by atoms with Crippen molar-refractivity contribution in [1.82, 2.24) is 15.3 Å². The van der Waals surface area contributed by atoms with Gasteiger partial charge in [0.05, 0.1) is 5.56 Å². The molecular formula is C17H12F3N3O2. The number of carbonyl (C=O) groups excluding carboxylic acids is 1. The van der Waals surface area contributed by atoms with Gasteiger partial charge in [-0.3, -0.25) is 9.78 Å². The summed E-state index contributed by atoms with van der Waals surface area (Å²) in [4.78, 5) is 20.0. The Hall–Kier alpha value is -3.16. The molecule has 0 saturated carbocycles. The molecule has 0 aliphatic heterocycles. The van der Waals surface area contributed by atoms with E-state index in [1.807, 2.05) is 0 Å². The zero-order chi connectivity index (χ0) is 17.9. The van der Waals surface area contributed by atoms with Crippen molar-refractivity contribution in [1.29, 1.82) is 0 Å². The molecule has 3 rings (SSSR count). The summed E-state index contributed by atoms with van der Waals surface area (Å²) >= 11 is 0. The number of rotatable bonds is 4. The largest absolute Gasteiger partial charge is 0.443 e. The number of hydrogen-bond donors (Lipinski definition) is 1. The maximum atomic E-state index is 13.2. The number of aromatic nitrogens is 2. The Labute approximate surface area is 140 Å². The Balaban J connectivity index is 1.88. The summed E-state index contributed by atoms with van der Waals surface area (Å²) in [7, 11) is 0. The van der Waals surface area contributed by atoms with Crippen LogP contribution in [0, 0.1) is 0 Å². The molecule has 2 heterocycles. The highest BCUT2D eigenvalue weighted by molar-refractivity contribution is 5.97. The summed E-state index contributed by atoms with van der Waals surface area (Å²) in [5, 5.41) is 2.59. The van der Waals surface area contributed by atoms with Crippen LogP contribution in [0.1, 0.15) is 21.6 Å². The van der Waals surface area contributed by atoms with Crippen LogP contribution in [0.5, 0.6) is 0 Å². The zero-order valence-corrected chi connectivity index (χ0v) is 12.7. The van der Waals surface area contributed by atoms with Crippen molar-refractivity contribution in [3.05, 3.63) is 72.0 Å². The van der Waals surface area contributed by atoms with Gasteiger partial charge >= 0.3 is 6.18 Å². The molecule has 0 aliphatic rings.